The number of allylic oxidation sites excluding steroid dienone is 1. The zero-order valence-electron chi connectivity index (χ0n) is 22.5. The lowest BCUT2D eigenvalue weighted by atomic mass is 9.80. The summed E-state index contributed by atoms with van der Waals surface area (Å²) < 4.78 is 2.71. The normalized spacial score (nSPS) is 14.9. The van der Waals surface area contributed by atoms with Crippen molar-refractivity contribution in [3.05, 3.63) is 150 Å². The molecule has 0 saturated heterocycles. The topological polar surface area (TPSA) is 0 Å². The molecule has 7 aromatic carbocycles. The summed E-state index contributed by atoms with van der Waals surface area (Å²) in [4.78, 5) is 0. The molecule has 0 bridgehead atoms. The van der Waals surface area contributed by atoms with Crippen LogP contribution in [-0.4, -0.2) is 0 Å². The van der Waals surface area contributed by atoms with Crippen LogP contribution in [0.15, 0.2) is 133 Å². The fourth-order valence-corrected chi connectivity index (χ4v) is 8.13. The lowest BCUT2D eigenvalue weighted by molar-refractivity contribution is 0.834. The van der Waals surface area contributed by atoms with E-state index in [9.17, 15) is 0 Å². The van der Waals surface area contributed by atoms with E-state index < -0.39 is 0 Å². The molecule has 0 nitrogen and oxygen atoms in total. The number of benzene rings is 7. The van der Waals surface area contributed by atoms with Gasteiger partial charge in [0.2, 0.25) is 0 Å². The standard InChI is InChI=1S/C40H26S/c1-2-8-30-27(7-1)18-22-39-40(30)37-24-29(19-21-38(37)41-39)26-15-13-25(14-16-26)28-17-20-35-33-11-4-3-9-31(33)32-10-5-6-12-34(32)36(35)23-28/h1-22,24,28H,23H2. The van der Waals surface area contributed by atoms with Crippen molar-refractivity contribution in [3.8, 4) is 11.1 Å². The van der Waals surface area contributed by atoms with Gasteiger partial charge in [-0.3, -0.25) is 0 Å². The highest BCUT2D eigenvalue weighted by molar-refractivity contribution is 7.26. The first-order valence-corrected chi connectivity index (χ1v) is 15.2. The van der Waals surface area contributed by atoms with Crippen LogP contribution < -0.4 is 0 Å². The Morgan fingerprint density at radius 2 is 1.17 bits per heavy atom. The van der Waals surface area contributed by atoms with E-state index in [0.29, 0.717) is 5.92 Å². The summed E-state index contributed by atoms with van der Waals surface area (Å²) in [6.45, 7) is 0. The van der Waals surface area contributed by atoms with Crippen LogP contribution in [0.2, 0.25) is 0 Å². The van der Waals surface area contributed by atoms with Crippen molar-refractivity contribution in [2.45, 2.75) is 12.3 Å². The minimum Gasteiger partial charge on any atom is -0.135 e. The second-order valence-electron chi connectivity index (χ2n) is 11.2. The molecule has 0 radical (unpaired) electrons. The van der Waals surface area contributed by atoms with Crippen molar-refractivity contribution >= 4 is 69.9 Å². The van der Waals surface area contributed by atoms with Gasteiger partial charge in [0.15, 0.2) is 0 Å². The van der Waals surface area contributed by atoms with Gasteiger partial charge in [0.1, 0.15) is 0 Å². The van der Waals surface area contributed by atoms with Gasteiger partial charge >= 0.3 is 0 Å². The SMILES string of the molecule is C1=CC(c2ccc(-c3ccc4sc5ccc6ccccc6c5c4c3)cc2)Cc2c1c1ccccc1c1ccccc21. The Kier molecular flexibility index (Phi) is 5.00. The summed E-state index contributed by atoms with van der Waals surface area (Å²) in [7, 11) is 0. The molecule has 1 aliphatic rings. The summed E-state index contributed by atoms with van der Waals surface area (Å²) >= 11 is 1.89. The van der Waals surface area contributed by atoms with Crippen LogP contribution in [0.25, 0.3) is 69.7 Å². The van der Waals surface area contributed by atoms with Gasteiger partial charge in [0.25, 0.3) is 0 Å². The van der Waals surface area contributed by atoms with Crippen molar-refractivity contribution in [2.24, 2.45) is 0 Å². The van der Waals surface area contributed by atoms with E-state index in [1.807, 2.05) is 11.3 Å². The number of thiophene rings is 1. The van der Waals surface area contributed by atoms with E-state index in [2.05, 4.69) is 140 Å². The fraction of sp³-hybridized carbons (Fsp3) is 0.0500. The second kappa shape index (κ2) is 8.89. The Balaban J connectivity index is 1.10. The fourth-order valence-electron chi connectivity index (χ4n) is 7.03. The minimum absolute atomic E-state index is 0.371. The van der Waals surface area contributed by atoms with Gasteiger partial charge in [-0.2, -0.15) is 0 Å². The number of hydrogen-bond donors (Lipinski definition) is 0. The molecule has 0 fully saturated rings. The van der Waals surface area contributed by atoms with Gasteiger partial charge in [-0.05, 0) is 84.8 Å². The molecular formula is C40H26S. The van der Waals surface area contributed by atoms with Gasteiger partial charge in [-0.15, -0.1) is 11.3 Å². The van der Waals surface area contributed by atoms with Crippen LogP contribution in [0.1, 0.15) is 22.6 Å². The number of hydrogen-bond acceptors (Lipinski definition) is 1. The molecule has 1 heteroatoms. The van der Waals surface area contributed by atoms with Crippen molar-refractivity contribution in [1.29, 1.82) is 0 Å². The largest absolute Gasteiger partial charge is 0.135 e. The minimum atomic E-state index is 0.371. The molecule has 0 spiro atoms. The van der Waals surface area contributed by atoms with Crippen LogP contribution in [0.3, 0.4) is 0 Å². The number of fused-ring (bicyclic) bond motifs is 11. The van der Waals surface area contributed by atoms with Gasteiger partial charge in [-0.25, -0.2) is 0 Å². The average molecular weight is 539 g/mol. The highest BCUT2D eigenvalue weighted by Gasteiger charge is 2.21. The van der Waals surface area contributed by atoms with Gasteiger partial charge < -0.3 is 0 Å². The second-order valence-corrected chi connectivity index (χ2v) is 12.3. The first-order chi connectivity index (χ1) is 20.3. The molecular weight excluding hydrogens is 513 g/mol. The Bertz CT molecular complexity index is 2330. The molecule has 8 aromatic rings. The average Bonchev–Trinajstić information content (AvgIpc) is 3.43. The molecule has 9 rings (SSSR count). The van der Waals surface area contributed by atoms with Crippen molar-refractivity contribution in [2.75, 3.05) is 0 Å². The quantitative estimate of drug-likeness (QED) is 0.192. The molecule has 0 N–H and O–H groups in total. The maximum absolute atomic E-state index is 2.41. The van der Waals surface area contributed by atoms with Crippen molar-refractivity contribution in [3.63, 3.8) is 0 Å². The first kappa shape index (κ1) is 23.0. The summed E-state index contributed by atoms with van der Waals surface area (Å²) in [6, 6.07) is 47.3. The highest BCUT2D eigenvalue weighted by Crippen LogP contribution is 2.42. The van der Waals surface area contributed by atoms with Crippen molar-refractivity contribution in [1.82, 2.24) is 0 Å². The van der Waals surface area contributed by atoms with Crippen LogP contribution in [0, 0.1) is 0 Å². The molecule has 1 aromatic heterocycles. The lowest BCUT2D eigenvalue weighted by Gasteiger charge is -2.24. The maximum atomic E-state index is 2.41. The zero-order chi connectivity index (χ0) is 26.9. The Morgan fingerprint density at radius 3 is 2.00 bits per heavy atom. The van der Waals surface area contributed by atoms with E-state index in [0.717, 1.165) is 6.42 Å². The van der Waals surface area contributed by atoms with Gasteiger partial charge in [-0.1, -0.05) is 121 Å². The van der Waals surface area contributed by atoms with Crippen LogP contribution >= 0.6 is 11.3 Å². The third-order valence-corrected chi connectivity index (χ3v) is 10.2. The molecule has 41 heavy (non-hydrogen) atoms. The highest BCUT2D eigenvalue weighted by atomic mass is 32.1. The summed E-state index contributed by atoms with van der Waals surface area (Å²) in [5, 5.41) is 10.8. The van der Waals surface area contributed by atoms with E-state index in [1.165, 1.54) is 80.3 Å². The molecule has 0 saturated carbocycles. The van der Waals surface area contributed by atoms with E-state index in [4.69, 9.17) is 0 Å². The van der Waals surface area contributed by atoms with Gasteiger partial charge in [0, 0.05) is 26.1 Å². The Morgan fingerprint density at radius 1 is 0.512 bits per heavy atom. The molecule has 0 amide bonds. The monoisotopic (exact) mass is 538 g/mol. The van der Waals surface area contributed by atoms with Crippen LogP contribution in [0.5, 0.6) is 0 Å². The van der Waals surface area contributed by atoms with Crippen molar-refractivity contribution < 1.29 is 0 Å². The molecule has 1 heterocycles. The first-order valence-electron chi connectivity index (χ1n) is 14.4. The molecule has 1 unspecified atom stereocenters. The summed E-state index contributed by atoms with van der Waals surface area (Å²) in [5.41, 5.74) is 6.78. The summed E-state index contributed by atoms with van der Waals surface area (Å²) in [5.74, 6) is 0.371. The third-order valence-electron chi connectivity index (χ3n) is 9.04. The Hall–Kier alpha value is -4.72. The predicted octanol–water partition coefficient (Wildman–Crippen LogP) is 11.5. The summed E-state index contributed by atoms with van der Waals surface area (Å²) in [6.07, 6.45) is 5.80. The molecule has 192 valence electrons. The van der Waals surface area contributed by atoms with Crippen LogP contribution in [0.4, 0.5) is 0 Å². The van der Waals surface area contributed by atoms with E-state index in [-0.39, 0.29) is 0 Å². The zero-order valence-corrected chi connectivity index (χ0v) is 23.3. The Labute approximate surface area is 242 Å². The predicted molar refractivity (Wildman–Crippen MR) is 179 cm³/mol. The van der Waals surface area contributed by atoms with E-state index >= 15 is 0 Å². The molecule has 0 aliphatic heterocycles. The van der Waals surface area contributed by atoms with E-state index in [1.54, 1.807) is 0 Å². The molecule has 1 aliphatic carbocycles. The third kappa shape index (κ3) is 3.53. The van der Waals surface area contributed by atoms with Gasteiger partial charge in [0.05, 0.1) is 0 Å². The smallest absolute Gasteiger partial charge is 0.0361 e. The van der Waals surface area contributed by atoms with Crippen LogP contribution in [-0.2, 0) is 6.42 Å². The number of rotatable bonds is 2. The lowest BCUT2D eigenvalue weighted by Crippen LogP contribution is -2.07. The maximum Gasteiger partial charge on any atom is 0.0361 e. The molecule has 1 atom stereocenters.